The summed E-state index contributed by atoms with van der Waals surface area (Å²) in [5.41, 5.74) is 1.21. The zero-order valence-corrected chi connectivity index (χ0v) is 12.2. The van der Waals surface area contributed by atoms with E-state index in [1.54, 1.807) is 0 Å². The number of nitrogens with one attached hydrogen (secondary N) is 1. The van der Waals surface area contributed by atoms with Crippen molar-refractivity contribution in [3.05, 3.63) is 22.7 Å². The second kappa shape index (κ2) is 5.10. The second-order valence-electron chi connectivity index (χ2n) is 5.91. The maximum atomic E-state index is 6.27. The molecule has 1 aromatic rings. The Labute approximate surface area is 124 Å². The molecule has 0 radical (unpaired) electrons. The smallest absolute Gasteiger partial charge is 0.231 e. The Kier molecular flexibility index (Phi) is 3.25. The zero-order valence-electron chi connectivity index (χ0n) is 11.4. The van der Waals surface area contributed by atoms with Crippen LogP contribution in [-0.2, 0) is 6.54 Å². The van der Waals surface area contributed by atoms with Gasteiger partial charge in [-0.3, -0.25) is 4.90 Å². The number of benzene rings is 1. The van der Waals surface area contributed by atoms with Crippen LogP contribution < -0.4 is 14.8 Å². The van der Waals surface area contributed by atoms with Crippen molar-refractivity contribution >= 4 is 11.6 Å². The van der Waals surface area contributed by atoms with Gasteiger partial charge in [0.25, 0.3) is 0 Å². The van der Waals surface area contributed by atoms with Crippen LogP contribution in [-0.4, -0.2) is 37.4 Å². The molecule has 4 nitrogen and oxygen atoms in total. The van der Waals surface area contributed by atoms with Gasteiger partial charge in [0.2, 0.25) is 6.79 Å². The minimum Gasteiger partial charge on any atom is -0.454 e. The van der Waals surface area contributed by atoms with Crippen LogP contribution >= 0.6 is 11.6 Å². The van der Waals surface area contributed by atoms with E-state index >= 15 is 0 Å². The highest BCUT2D eigenvalue weighted by Gasteiger charge is 2.34. The van der Waals surface area contributed by atoms with Crippen molar-refractivity contribution in [3.63, 3.8) is 0 Å². The van der Waals surface area contributed by atoms with E-state index in [0.717, 1.165) is 24.8 Å². The standard InChI is InChI=1S/C15H19ClN2O2/c16-12-4-10(5-14-15(12)20-9-19-14)8-18-3-1-2-11-6-17-7-13(11)18/h4-5,11,13,17H,1-3,6-9H2. The van der Waals surface area contributed by atoms with E-state index < -0.39 is 0 Å². The molecule has 0 aromatic heterocycles. The van der Waals surface area contributed by atoms with E-state index in [1.807, 2.05) is 6.07 Å². The Morgan fingerprint density at radius 1 is 1.30 bits per heavy atom. The van der Waals surface area contributed by atoms with Gasteiger partial charge >= 0.3 is 0 Å². The van der Waals surface area contributed by atoms with Crippen LogP contribution in [0, 0.1) is 5.92 Å². The van der Waals surface area contributed by atoms with Crippen LogP contribution in [0.5, 0.6) is 11.5 Å². The highest BCUT2D eigenvalue weighted by molar-refractivity contribution is 6.32. The summed E-state index contributed by atoms with van der Waals surface area (Å²) >= 11 is 6.27. The van der Waals surface area contributed by atoms with Crippen molar-refractivity contribution in [1.29, 1.82) is 0 Å². The topological polar surface area (TPSA) is 33.7 Å². The summed E-state index contributed by atoms with van der Waals surface area (Å²) < 4.78 is 10.8. The lowest BCUT2D eigenvalue weighted by molar-refractivity contribution is 0.117. The van der Waals surface area contributed by atoms with E-state index in [2.05, 4.69) is 16.3 Å². The molecule has 108 valence electrons. The number of ether oxygens (including phenoxy) is 2. The van der Waals surface area contributed by atoms with Gasteiger partial charge in [-0.15, -0.1) is 0 Å². The molecule has 20 heavy (non-hydrogen) atoms. The number of hydrogen-bond acceptors (Lipinski definition) is 4. The normalized spacial score (nSPS) is 28.6. The van der Waals surface area contributed by atoms with Crippen LogP contribution in [0.15, 0.2) is 12.1 Å². The first-order valence-electron chi connectivity index (χ1n) is 7.34. The van der Waals surface area contributed by atoms with Crippen molar-refractivity contribution in [2.45, 2.75) is 25.4 Å². The lowest BCUT2D eigenvalue weighted by Crippen LogP contribution is -2.44. The van der Waals surface area contributed by atoms with E-state index in [4.69, 9.17) is 21.1 Å². The number of nitrogens with zero attached hydrogens (tertiary/aromatic N) is 1. The molecule has 0 aliphatic carbocycles. The van der Waals surface area contributed by atoms with Gasteiger partial charge in [-0.05, 0) is 49.5 Å². The fourth-order valence-electron chi connectivity index (χ4n) is 3.71. The first-order valence-corrected chi connectivity index (χ1v) is 7.72. The molecule has 3 heterocycles. The molecule has 2 fully saturated rings. The van der Waals surface area contributed by atoms with Gasteiger partial charge in [-0.1, -0.05) is 11.6 Å². The van der Waals surface area contributed by atoms with Crippen molar-refractivity contribution in [3.8, 4) is 11.5 Å². The summed E-state index contributed by atoms with van der Waals surface area (Å²) in [6.45, 7) is 4.68. The minimum absolute atomic E-state index is 0.275. The molecule has 0 saturated carbocycles. The average molecular weight is 295 g/mol. The Morgan fingerprint density at radius 2 is 2.25 bits per heavy atom. The molecule has 2 atom stereocenters. The van der Waals surface area contributed by atoms with Gasteiger partial charge in [-0.25, -0.2) is 0 Å². The number of halogens is 1. The van der Waals surface area contributed by atoms with E-state index in [0.29, 0.717) is 16.8 Å². The minimum atomic E-state index is 0.275. The van der Waals surface area contributed by atoms with Crippen LogP contribution in [0.2, 0.25) is 5.02 Å². The van der Waals surface area contributed by atoms with Crippen molar-refractivity contribution in [2.75, 3.05) is 26.4 Å². The van der Waals surface area contributed by atoms with Crippen molar-refractivity contribution in [1.82, 2.24) is 10.2 Å². The zero-order chi connectivity index (χ0) is 13.5. The molecule has 0 spiro atoms. The second-order valence-corrected chi connectivity index (χ2v) is 6.32. The largest absolute Gasteiger partial charge is 0.454 e. The van der Waals surface area contributed by atoms with Gasteiger partial charge < -0.3 is 14.8 Å². The highest BCUT2D eigenvalue weighted by Crippen LogP contribution is 2.40. The van der Waals surface area contributed by atoms with E-state index in [9.17, 15) is 0 Å². The van der Waals surface area contributed by atoms with Crippen LogP contribution in [0.1, 0.15) is 18.4 Å². The lowest BCUT2D eigenvalue weighted by Gasteiger charge is -2.37. The average Bonchev–Trinajstić information content (AvgIpc) is 3.06. The molecular weight excluding hydrogens is 276 g/mol. The number of likely N-dealkylation sites (tertiary alicyclic amines) is 1. The molecule has 4 rings (SSSR count). The third-order valence-electron chi connectivity index (χ3n) is 4.67. The molecule has 2 unspecified atom stereocenters. The summed E-state index contributed by atoms with van der Waals surface area (Å²) in [7, 11) is 0. The van der Waals surface area contributed by atoms with Crippen molar-refractivity contribution in [2.24, 2.45) is 5.92 Å². The number of fused-ring (bicyclic) bond motifs is 2. The van der Waals surface area contributed by atoms with Gasteiger partial charge in [0, 0.05) is 19.1 Å². The molecule has 2 saturated heterocycles. The maximum Gasteiger partial charge on any atom is 0.231 e. The summed E-state index contributed by atoms with van der Waals surface area (Å²) in [5, 5.41) is 4.18. The summed E-state index contributed by atoms with van der Waals surface area (Å²) in [5.74, 6) is 2.29. The fourth-order valence-corrected chi connectivity index (χ4v) is 3.99. The number of rotatable bonds is 2. The SMILES string of the molecule is Clc1cc(CN2CCCC3CNCC32)cc2c1OCO2. The summed E-state index contributed by atoms with van der Waals surface area (Å²) in [6, 6.07) is 4.76. The maximum absolute atomic E-state index is 6.27. The van der Waals surface area contributed by atoms with Crippen molar-refractivity contribution < 1.29 is 9.47 Å². The molecule has 3 aliphatic rings. The van der Waals surface area contributed by atoms with Crippen LogP contribution in [0.4, 0.5) is 0 Å². The summed E-state index contributed by atoms with van der Waals surface area (Å²) in [6.07, 6.45) is 2.65. The number of hydrogen-bond donors (Lipinski definition) is 1. The lowest BCUT2D eigenvalue weighted by atomic mass is 9.91. The molecule has 0 bridgehead atoms. The predicted octanol–water partition coefficient (Wildman–Crippen LogP) is 2.25. The molecule has 1 N–H and O–H groups in total. The fraction of sp³-hybridized carbons (Fsp3) is 0.600. The number of piperidine rings is 1. The van der Waals surface area contributed by atoms with Gasteiger partial charge in [-0.2, -0.15) is 0 Å². The Bertz CT molecular complexity index is 523. The Hall–Kier alpha value is -0.970. The monoisotopic (exact) mass is 294 g/mol. The third kappa shape index (κ3) is 2.16. The molecule has 5 heteroatoms. The first-order chi connectivity index (χ1) is 9.81. The van der Waals surface area contributed by atoms with E-state index in [1.165, 1.54) is 31.5 Å². The van der Waals surface area contributed by atoms with E-state index in [-0.39, 0.29) is 6.79 Å². The van der Waals surface area contributed by atoms with Gasteiger partial charge in [0.1, 0.15) is 0 Å². The molecule has 0 amide bonds. The third-order valence-corrected chi connectivity index (χ3v) is 4.95. The van der Waals surface area contributed by atoms with Gasteiger partial charge in [0.05, 0.1) is 5.02 Å². The molecule has 3 aliphatic heterocycles. The highest BCUT2D eigenvalue weighted by atomic mass is 35.5. The molecular formula is C15H19ClN2O2. The summed E-state index contributed by atoms with van der Waals surface area (Å²) in [4.78, 5) is 2.59. The molecule has 1 aromatic carbocycles. The van der Waals surface area contributed by atoms with Crippen LogP contribution in [0.3, 0.4) is 0 Å². The Balaban J connectivity index is 1.55. The quantitative estimate of drug-likeness (QED) is 0.907. The van der Waals surface area contributed by atoms with Gasteiger partial charge in [0.15, 0.2) is 11.5 Å². The predicted molar refractivity (Wildman–Crippen MR) is 77.4 cm³/mol. The Morgan fingerprint density at radius 3 is 3.20 bits per heavy atom. The van der Waals surface area contributed by atoms with Crippen LogP contribution in [0.25, 0.3) is 0 Å². The first kappa shape index (κ1) is 12.7.